The Balaban J connectivity index is 2.30. The fourth-order valence-electron chi connectivity index (χ4n) is 1.77. The number of nitrogens with zero attached hydrogens (tertiary/aromatic N) is 2. The number of ether oxygens (including phenoxy) is 1. The summed E-state index contributed by atoms with van der Waals surface area (Å²) in [4.78, 5) is 28.7. The third-order valence-electron chi connectivity index (χ3n) is 2.63. The molecule has 0 spiro atoms. The topological polar surface area (TPSA) is 79.7 Å². The first-order valence-corrected chi connectivity index (χ1v) is 6.49. The highest BCUT2D eigenvalue weighted by molar-refractivity contribution is 7.17. The lowest BCUT2D eigenvalue weighted by Gasteiger charge is -2.17. The van der Waals surface area contributed by atoms with Crippen LogP contribution in [0.25, 0.3) is 0 Å². The van der Waals surface area contributed by atoms with Crippen molar-refractivity contribution in [1.82, 2.24) is 4.98 Å². The number of Topliss-reactive ketones (excluding diaryl/α,β-unsaturated/α-hetero) is 1. The molecule has 7 heteroatoms. The molecule has 18 heavy (non-hydrogen) atoms. The van der Waals surface area contributed by atoms with E-state index in [0.29, 0.717) is 24.9 Å². The molecule has 1 aromatic rings. The van der Waals surface area contributed by atoms with Crippen molar-refractivity contribution < 1.29 is 19.4 Å². The van der Waals surface area contributed by atoms with Gasteiger partial charge >= 0.3 is 5.97 Å². The molecule has 6 nitrogen and oxygen atoms in total. The van der Waals surface area contributed by atoms with Gasteiger partial charge in [0.1, 0.15) is 4.88 Å². The van der Waals surface area contributed by atoms with Crippen LogP contribution in [0.4, 0.5) is 5.13 Å². The van der Waals surface area contributed by atoms with Crippen molar-refractivity contribution in [1.29, 1.82) is 0 Å². The highest BCUT2D eigenvalue weighted by Gasteiger charge is 2.23. The number of hydrogen-bond acceptors (Lipinski definition) is 6. The number of rotatable bonds is 3. The molecule has 0 saturated carbocycles. The number of thiazole rings is 1. The molecule has 2 rings (SSSR count). The summed E-state index contributed by atoms with van der Waals surface area (Å²) >= 11 is 1.14. The summed E-state index contributed by atoms with van der Waals surface area (Å²) in [6.07, 6.45) is 0.872. The van der Waals surface area contributed by atoms with Crippen LogP contribution in [0.2, 0.25) is 0 Å². The van der Waals surface area contributed by atoms with E-state index in [1.54, 1.807) is 0 Å². The Bertz CT molecular complexity index is 432. The number of carboxylic acids is 1. The molecule has 98 valence electrons. The van der Waals surface area contributed by atoms with Crippen LogP contribution in [0.15, 0.2) is 0 Å². The van der Waals surface area contributed by atoms with Gasteiger partial charge in [0.15, 0.2) is 16.6 Å². The number of carbonyl (C=O) groups is 2. The molecule has 1 fully saturated rings. The van der Waals surface area contributed by atoms with Crippen molar-refractivity contribution in [2.75, 3.05) is 31.2 Å². The Kier molecular flexibility index (Phi) is 3.93. The number of aromatic nitrogens is 1. The summed E-state index contributed by atoms with van der Waals surface area (Å²) < 4.78 is 5.33. The fraction of sp³-hybridized carbons (Fsp3) is 0.545. The number of ketones is 1. The number of carbonyl (C=O) groups excluding carboxylic acids is 1. The smallest absolute Gasteiger partial charge is 0.356 e. The molecule has 0 aliphatic carbocycles. The Morgan fingerprint density at radius 3 is 2.78 bits per heavy atom. The molecule has 0 amide bonds. The van der Waals surface area contributed by atoms with Crippen molar-refractivity contribution in [3.05, 3.63) is 10.6 Å². The van der Waals surface area contributed by atoms with Gasteiger partial charge < -0.3 is 14.7 Å². The largest absolute Gasteiger partial charge is 0.476 e. The van der Waals surface area contributed by atoms with Gasteiger partial charge in [-0.2, -0.15) is 0 Å². The van der Waals surface area contributed by atoms with Gasteiger partial charge in [0.25, 0.3) is 0 Å². The van der Waals surface area contributed by atoms with Crippen LogP contribution < -0.4 is 4.90 Å². The van der Waals surface area contributed by atoms with Crippen LogP contribution in [-0.2, 0) is 4.74 Å². The quantitative estimate of drug-likeness (QED) is 0.833. The molecule has 0 aromatic carbocycles. The fourth-order valence-corrected chi connectivity index (χ4v) is 2.77. The van der Waals surface area contributed by atoms with Crippen molar-refractivity contribution in [3.8, 4) is 0 Å². The molecule has 0 unspecified atom stereocenters. The Hall–Kier alpha value is -1.47. The SMILES string of the molecule is CC(=O)c1sc(N2CCCOCC2)nc1C(=O)O. The van der Waals surface area contributed by atoms with Gasteiger partial charge in [-0.05, 0) is 6.42 Å². The molecule has 1 saturated heterocycles. The van der Waals surface area contributed by atoms with Crippen molar-refractivity contribution in [2.45, 2.75) is 13.3 Å². The average molecular weight is 270 g/mol. The predicted octanol–water partition coefficient (Wildman–Crippen LogP) is 1.27. The predicted molar refractivity (Wildman–Crippen MR) is 66.7 cm³/mol. The minimum atomic E-state index is -1.16. The summed E-state index contributed by atoms with van der Waals surface area (Å²) in [6.45, 7) is 4.09. The molecular weight excluding hydrogens is 256 g/mol. The lowest BCUT2D eigenvalue weighted by Crippen LogP contribution is -2.25. The van der Waals surface area contributed by atoms with Crippen molar-refractivity contribution >= 4 is 28.2 Å². The van der Waals surface area contributed by atoms with E-state index in [1.165, 1.54) is 6.92 Å². The summed E-state index contributed by atoms with van der Waals surface area (Å²) in [5.74, 6) is -1.42. The molecule has 2 heterocycles. The van der Waals surface area contributed by atoms with E-state index >= 15 is 0 Å². The molecular formula is C11H14N2O4S. The lowest BCUT2D eigenvalue weighted by atomic mass is 10.3. The molecule has 0 radical (unpaired) electrons. The van der Waals surface area contributed by atoms with E-state index in [0.717, 1.165) is 24.3 Å². The minimum Gasteiger partial charge on any atom is -0.476 e. The standard InChI is InChI=1S/C11H14N2O4S/c1-7(14)9-8(10(15)16)12-11(18-9)13-3-2-5-17-6-4-13/h2-6H2,1H3,(H,15,16). The molecule has 0 atom stereocenters. The van der Waals surface area contributed by atoms with Crippen LogP contribution >= 0.6 is 11.3 Å². The number of anilines is 1. The van der Waals surface area contributed by atoms with E-state index in [2.05, 4.69) is 4.98 Å². The highest BCUT2D eigenvalue weighted by atomic mass is 32.1. The third kappa shape index (κ3) is 2.68. The molecule has 1 aliphatic rings. The first-order valence-electron chi connectivity index (χ1n) is 5.67. The number of carboxylic acid groups (broad SMARTS) is 1. The average Bonchev–Trinajstić information content (AvgIpc) is 2.59. The first-order chi connectivity index (χ1) is 8.59. The summed E-state index contributed by atoms with van der Waals surface area (Å²) in [5, 5.41) is 9.62. The number of hydrogen-bond donors (Lipinski definition) is 1. The van der Waals surface area contributed by atoms with E-state index in [9.17, 15) is 9.59 Å². The van der Waals surface area contributed by atoms with Crippen LogP contribution in [-0.4, -0.2) is 48.1 Å². The van der Waals surface area contributed by atoms with E-state index in [-0.39, 0.29) is 16.4 Å². The normalized spacial score (nSPS) is 16.4. The number of aromatic carboxylic acids is 1. The highest BCUT2D eigenvalue weighted by Crippen LogP contribution is 2.27. The minimum absolute atomic E-state index is 0.146. The first kappa shape index (κ1) is 13.0. The second-order valence-electron chi connectivity index (χ2n) is 3.99. The Morgan fingerprint density at radius 2 is 2.17 bits per heavy atom. The maximum atomic E-state index is 11.4. The molecule has 1 aromatic heterocycles. The molecule has 1 N–H and O–H groups in total. The summed E-state index contributed by atoms with van der Waals surface area (Å²) in [6, 6.07) is 0. The summed E-state index contributed by atoms with van der Waals surface area (Å²) in [5.41, 5.74) is -0.146. The maximum absolute atomic E-state index is 11.4. The van der Waals surface area contributed by atoms with E-state index in [4.69, 9.17) is 9.84 Å². The van der Waals surface area contributed by atoms with Gasteiger partial charge in [-0.25, -0.2) is 9.78 Å². The van der Waals surface area contributed by atoms with Gasteiger partial charge in [0.2, 0.25) is 0 Å². The van der Waals surface area contributed by atoms with Gasteiger partial charge in [0, 0.05) is 26.6 Å². The monoisotopic (exact) mass is 270 g/mol. The van der Waals surface area contributed by atoms with Gasteiger partial charge in [-0.3, -0.25) is 4.79 Å². The second kappa shape index (κ2) is 5.45. The van der Waals surface area contributed by atoms with Crippen LogP contribution in [0.3, 0.4) is 0 Å². The van der Waals surface area contributed by atoms with Crippen LogP contribution in [0, 0.1) is 0 Å². The Labute approximate surface area is 108 Å². The maximum Gasteiger partial charge on any atom is 0.356 e. The van der Waals surface area contributed by atoms with E-state index < -0.39 is 5.97 Å². The second-order valence-corrected chi connectivity index (χ2v) is 4.97. The third-order valence-corrected chi connectivity index (χ3v) is 3.85. The zero-order chi connectivity index (χ0) is 13.1. The summed E-state index contributed by atoms with van der Waals surface area (Å²) in [7, 11) is 0. The van der Waals surface area contributed by atoms with E-state index in [1.807, 2.05) is 4.90 Å². The van der Waals surface area contributed by atoms with Crippen LogP contribution in [0.5, 0.6) is 0 Å². The van der Waals surface area contributed by atoms with Crippen LogP contribution in [0.1, 0.15) is 33.5 Å². The lowest BCUT2D eigenvalue weighted by molar-refractivity contribution is 0.0687. The molecule has 0 bridgehead atoms. The van der Waals surface area contributed by atoms with Crippen molar-refractivity contribution in [3.63, 3.8) is 0 Å². The van der Waals surface area contributed by atoms with Gasteiger partial charge in [-0.15, -0.1) is 0 Å². The zero-order valence-corrected chi connectivity index (χ0v) is 10.8. The Morgan fingerprint density at radius 1 is 1.39 bits per heavy atom. The van der Waals surface area contributed by atoms with Gasteiger partial charge in [0.05, 0.1) is 6.61 Å². The van der Waals surface area contributed by atoms with Crippen molar-refractivity contribution in [2.24, 2.45) is 0 Å². The molecule has 1 aliphatic heterocycles. The van der Waals surface area contributed by atoms with Gasteiger partial charge in [-0.1, -0.05) is 11.3 Å². The zero-order valence-electron chi connectivity index (χ0n) is 10.0.